The van der Waals surface area contributed by atoms with Crippen LogP contribution in [-0.2, 0) is 4.79 Å². The fourth-order valence-electron chi connectivity index (χ4n) is 2.23. The maximum absolute atomic E-state index is 11.8. The van der Waals surface area contributed by atoms with Crippen LogP contribution in [0.2, 0.25) is 0 Å². The Kier molecular flexibility index (Phi) is 4.34. The molecule has 1 aromatic rings. The van der Waals surface area contributed by atoms with Crippen molar-refractivity contribution < 1.29 is 9.90 Å². The molecule has 0 radical (unpaired) electrons. The lowest BCUT2D eigenvalue weighted by atomic mass is 9.89. The van der Waals surface area contributed by atoms with Crippen LogP contribution in [0.3, 0.4) is 0 Å². The van der Waals surface area contributed by atoms with Crippen LogP contribution in [0.4, 0.5) is 0 Å². The molecule has 0 bridgehead atoms. The van der Waals surface area contributed by atoms with Crippen molar-refractivity contribution in [3.63, 3.8) is 0 Å². The van der Waals surface area contributed by atoms with Gasteiger partial charge < -0.3 is 5.11 Å². The van der Waals surface area contributed by atoms with Gasteiger partial charge in [0.05, 0.1) is 6.21 Å². The Hall–Kier alpha value is -1.84. The van der Waals surface area contributed by atoms with Crippen LogP contribution in [0.15, 0.2) is 29.4 Å². The number of aromatic hydroxyl groups is 1. The SMILES string of the molecule is O=C(NN=Cc1cccc(O)c1)C1CCCCC1. The third-order valence-electron chi connectivity index (χ3n) is 3.23. The number of carbonyl (C=O) groups is 1. The van der Waals surface area contributed by atoms with Gasteiger partial charge in [-0.3, -0.25) is 4.79 Å². The molecular formula is C14H18N2O2. The summed E-state index contributed by atoms with van der Waals surface area (Å²) in [4.78, 5) is 11.8. The molecule has 18 heavy (non-hydrogen) atoms. The summed E-state index contributed by atoms with van der Waals surface area (Å²) in [5, 5.41) is 13.2. The van der Waals surface area contributed by atoms with Crippen LogP contribution in [0.1, 0.15) is 37.7 Å². The van der Waals surface area contributed by atoms with E-state index < -0.39 is 0 Å². The maximum atomic E-state index is 11.8. The van der Waals surface area contributed by atoms with Crippen LogP contribution in [0, 0.1) is 5.92 Å². The summed E-state index contributed by atoms with van der Waals surface area (Å²) >= 11 is 0. The van der Waals surface area contributed by atoms with Crippen molar-refractivity contribution in [1.29, 1.82) is 0 Å². The first-order valence-electron chi connectivity index (χ1n) is 6.37. The number of nitrogens with one attached hydrogen (secondary N) is 1. The van der Waals surface area contributed by atoms with Gasteiger partial charge in [-0.1, -0.05) is 31.4 Å². The van der Waals surface area contributed by atoms with Gasteiger partial charge >= 0.3 is 0 Å². The molecule has 0 saturated heterocycles. The minimum atomic E-state index is 0.00565. The van der Waals surface area contributed by atoms with E-state index >= 15 is 0 Å². The first-order valence-corrected chi connectivity index (χ1v) is 6.37. The second-order valence-electron chi connectivity index (χ2n) is 4.66. The van der Waals surface area contributed by atoms with E-state index in [0.29, 0.717) is 0 Å². The van der Waals surface area contributed by atoms with Gasteiger partial charge in [0.1, 0.15) is 5.75 Å². The Balaban J connectivity index is 1.85. The number of phenolic OH excluding ortho intramolecular Hbond substituents is 1. The molecule has 0 aromatic heterocycles. The average molecular weight is 246 g/mol. The second-order valence-corrected chi connectivity index (χ2v) is 4.66. The molecule has 0 atom stereocenters. The summed E-state index contributed by atoms with van der Waals surface area (Å²) in [5.74, 6) is 0.309. The molecule has 96 valence electrons. The maximum Gasteiger partial charge on any atom is 0.243 e. The van der Waals surface area contributed by atoms with Crippen molar-refractivity contribution in [2.75, 3.05) is 0 Å². The zero-order valence-electron chi connectivity index (χ0n) is 10.3. The van der Waals surface area contributed by atoms with E-state index in [-0.39, 0.29) is 17.6 Å². The van der Waals surface area contributed by atoms with Crippen molar-refractivity contribution in [3.05, 3.63) is 29.8 Å². The highest BCUT2D eigenvalue weighted by Crippen LogP contribution is 2.23. The number of hydrogen-bond acceptors (Lipinski definition) is 3. The molecule has 0 heterocycles. The highest BCUT2D eigenvalue weighted by molar-refractivity contribution is 5.83. The molecule has 0 unspecified atom stereocenters. The predicted octanol–water partition coefficient (Wildman–Crippen LogP) is 2.42. The largest absolute Gasteiger partial charge is 0.508 e. The number of nitrogens with zero attached hydrogens (tertiary/aromatic N) is 1. The van der Waals surface area contributed by atoms with Crippen LogP contribution in [0.25, 0.3) is 0 Å². The summed E-state index contributed by atoms with van der Waals surface area (Å²) in [5.41, 5.74) is 3.33. The molecule has 2 N–H and O–H groups in total. The minimum absolute atomic E-state index is 0.00565. The highest BCUT2D eigenvalue weighted by atomic mass is 16.3. The number of carbonyl (C=O) groups excluding carboxylic acids is 1. The van der Waals surface area contributed by atoms with Crippen molar-refractivity contribution in [1.82, 2.24) is 5.43 Å². The lowest BCUT2D eigenvalue weighted by molar-refractivity contribution is -0.125. The molecule has 1 aliphatic rings. The van der Waals surface area contributed by atoms with Crippen LogP contribution in [-0.4, -0.2) is 17.2 Å². The zero-order valence-corrected chi connectivity index (χ0v) is 10.3. The Morgan fingerprint density at radius 2 is 2.11 bits per heavy atom. The third-order valence-corrected chi connectivity index (χ3v) is 3.23. The van der Waals surface area contributed by atoms with E-state index in [4.69, 9.17) is 0 Å². The monoisotopic (exact) mass is 246 g/mol. The van der Waals surface area contributed by atoms with E-state index in [2.05, 4.69) is 10.5 Å². The van der Waals surface area contributed by atoms with Gasteiger partial charge in [-0.15, -0.1) is 0 Å². The summed E-state index contributed by atoms with van der Waals surface area (Å²) in [6.45, 7) is 0. The Morgan fingerprint density at radius 3 is 2.83 bits per heavy atom. The van der Waals surface area contributed by atoms with Gasteiger partial charge in [-0.25, -0.2) is 5.43 Å². The van der Waals surface area contributed by atoms with Crippen LogP contribution < -0.4 is 5.43 Å². The number of amides is 1. The first-order chi connectivity index (χ1) is 8.75. The molecule has 2 rings (SSSR count). The van der Waals surface area contributed by atoms with Gasteiger partial charge in [0.15, 0.2) is 0 Å². The standard InChI is InChI=1S/C14H18N2O2/c17-13-8-4-5-11(9-13)10-15-16-14(18)12-6-2-1-3-7-12/h4-5,8-10,12,17H,1-3,6-7H2,(H,16,18). The van der Waals surface area contributed by atoms with Gasteiger partial charge in [0, 0.05) is 5.92 Å². The molecule has 1 aromatic carbocycles. The third kappa shape index (κ3) is 3.58. The van der Waals surface area contributed by atoms with Crippen molar-refractivity contribution in [2.45, 2.75) is 32.1 Å². The summed E-state index contributed by atoms with van der Waals surface area (Å²) in [7, 11) is 0. The summed E-state index contributed by atoms with van der Waals surface area (Å²) in [6.07, 6.45) is 6.97. The normalized spacial score (nSPS) is 16.9. The van der Waals surface area contributed by atoms with E-state index in [0.717, 1.165) is 31.2 Å². The average Bonchev–Trinajstić information content (AvgIpc) is 2.40. The molecular weight excluding hydrogens is 228 g/mol. The molecule has 1 fully saturated rings. The quantitative estimate of drug-likeness (QED) is 0.635. The fourth-order valence-corrected chi connectivity index (χ4v) is 2.23. The molecule has 4 heteroatoms. The number of rotatable bonds is 3. The van der Waals surface area contributed by atoms with Crippen molar-refractivity contribution in [2.24, 2.45) is 11.0 Å². The predicted molar refractivity (Wildman–Crippen MR) is 70.4 cm³/mol. The molecule has 1 aliphatic carbocycles. The Morgan fingerprint density at radius 1 is 1.33 bits per heavy atom. The summed E-state index contributed by atoms with van der Waals surface area (Å²) in [6, 6.07) is 6.74. The van der Waals surface area contributed by atoms with Gasteiger partial charge in [0.2, 0.25) is 5.91 Å². The van der Waals surface area contributed by atoms with E-state index in [1.54, 1.807) is 24.4 Å². The number of hydrazone groups is 1. The number of benzene rings is 1. The smallest absolute Gasteiger partial charge is 0.243 e. The van der Waals surface area contributed by atoms with Crippen LogP contribution in [0.5, 0.6) is 5.75 Å². The van der Waals surface area contributed by atoms with Gasteiger partial charge in [-0.05, 0) is 30.5 Å². The molecule has 0 spiro atoms. The van der Waals surface area contributed by atoms with E-state index in [1.165, 1.54) is 6.42 Å². The Labute approximate surface area is 107 Å². The number of phenols is 1. The topological polar surface area (TPSA) is 61.7 Å². The van der Waals surface area contributed by atoms with Gasteiger partial charge in [0.25, 0.3) is 0 Å². The zero-order chi connectivity index (χ0) is 12.8. The Bertz CT molecular complexity index is 437. The molecule has 4 nitrogen and oxygen atoms in total. The fraction of sp³-hybridized carbons (Fsp3) is 0.429. The lowest BCUT2D eigenvalue weighted by Crippen LogP contribution is -2.28. The molecule has 0 aliphatic heterocycles. The second kappa shape index (κ2) is 6.19. The van der Waals surface area contributed by atoms with Crippen molar-refractivity contribution >= 4 is 12.1 Å². The van der Waals surface area contributed by atoms with E-state index in [9.17, 15) is 9.90 Å². The highest BCUT2D eigenvalue weighted by Gasteiger charge is 2.20. The molecule has 1 amide bonds. The van der Waals surface area contributed by atoms with Crippen molar-refractivity contribution in [3.8, 4) is 5.75 Å². The van der Waals surface area contributed by atoms with Gasteiger partial charge in [-0.2, -0.15) is 5.10 Å². The minimum Gasteiger partial charge on any atom is -0.508 e. The molecule has 1 saturated carbocycles. The van der Waals surface area contributed by atoms with E-state index in [1.807, 2.05) is 6.07 Å². The van der Waals surface area contributed by atoms with Crippen LogP contribution >= 0.6 is 0 Å². The number of hydrogen-bond donors (Lipinski definition) is 2. The first kappa shape index (κ1) is 12.6. The lowest BCUT2D eigenvalue weighted by Gasteiger charge is -2.19. The summed E-state index contributed by atoms with van der Waals surface area (Å²) < 4.78 is 0.